The molecular formula is C16H17IN2O3S. The standard InChI is InChI=1S/C16H17IN2O3S/c1-4-23-15-6-5-10(9-18-15)19-16(20)11-7-13(21-2)14(22-3)8-12(11)17/h5-9H,4H2,1-3H3,(H,19,20). The van der Waals surface area contributed by atoms with Crippen LogP contribution < -0.4 is 14.8 Å². The Morgan fingerprint density at radius 2 is 1.96 bits per heavy atom. The van der Waals surface area contributed by atoms with Crippen molar-refractivity contribution in [3.05, 3.63) is 39.6 Å². The molecule has 0 fully saturated rings. The highest BCUT2D eigenvalue weighted by atomic mass is 127. The molecule has 1 N–H and O–H groups in total. The van der Waals surface area contributed by atoms with Crippen LogP contribution in [-0.4, -0.2) is 30.9 Å². The molecule has 0 aliphatic heterocycles. The summed E-state index contributed by atoms with van der Waals surface area (Å²) in [4.78, 5) is 16.8. The van der Waals surface area contributed by atoms with Gasteiger partial charge in [-0.15, -0.1) is 11.8 Å². The fourth-order valence-corrected chi connectivity index (χ4v) is 3.18. The average molecular weight is 444 g/mol. The average Bonchev–Trinajstić information content (AvgIpc) is 2.56. The number of nitrogens with one attached hydrogen (secondary N) is 1. The number of hydrogen-bond donors (Lipinski definition) is 1. The zero-order valence-corrected chi connectivity index (χ0v) is 16.0. The first-order valence-electron chi connectivity index (χ1n) is 6.90. The Labute approximate surface area is 153 Å². The lowest BCUT2D eigenvalue weighted by Gasteiger charge is -2.12. The van der Waals surface area contributed by atoms with Gasteiger partial charge in [0.2, 0.25) is 0 Å². The minimum absolute atomic E-state index is 0.215. The molecule has 1 aromatic carbocycles. The van der Waals surface area contributed by atoms with E-state index < -0.39 is 0 Å². The fourth-order valence-electron chi connectivity index (χ4n) is 1.91. The lowest BCUT2D eigenvalue weighted by Crippen LogP contribution is -2.14. The summed E-state index contributed by atoms with van der Waals surface area (Å²) in [6, 6.07) is 7.18. The van der Waals surface area contributed by atoms with E-state index in [0.29, 0.717) is 22.7 Å². The molecule has 0 atom stereocenters. The van der Waals surface area contributed by atoms with Crippen molar-refractivity contribution in [2.24, 2.45) is 0 Å². The molecule has 0 aliphatic carbocycles. The number of anilines is 1. The van der Waals surface area contributed by atoms with E-state index in [1.54, 1.807) is 44.3 Å². The summed E-state index contributed by atoms with van der Waals surface area (Å²) in [5.74, 6) is 1.86. The third kappa shape index (κ3) is 4.51. The van der Waals surface area contributed by atoms with E-state index in [1.807, 2.05) is 12.1 Å². The second kappa shape index (κ2) is 8.39. The van der Waals surface area contributed by atoms with E-state index >= 15 is 0 Å². The van der Waals surface area contributed by atoms with Crippen molar-refractivity contribution >= 4 is 45.9 Å². The van der Waals surface area contributed by atoms with Crippen LogP contribution in [0.3, 0.4) is 0 Å². The van der Waals surface area contributed by atoms with Gasteiger partial charge in [0, 0.05) is 3.57 Å². The van der Waals surface area contributed by atoms with E-state index in [1.165, 1.54) is 0 Å². The van der Waals surface area contributed by atoms with E-state index in [9.17, 15) is 4.79 Å². The molecule has 1 heterocycles. The monoisotopic (exact) mass is 444 g/mol. The van der Waals surface area contributed by atoms with E-state index in [4.69, 9.17) is 9.47 Å². The molecule has 1 amide bonds. The lowest BCUT2D eigenvalue weighted by molar-refractivity contribution is 0.102. The van der Waals surface area contributed by atoms with Gasteiger partial charge in [0.05, 0.1) is 36.7 Å². The zero-order valence-electron chi connectivity index (χ0n) is 13.1. The Morgan fingerprint density at radius 3 is 2.52 bits per heavy atom. The summed E-state index contributed by atoms with van der Waals surface area (Å²) >= 11 is 3.76. The quantitative estimate of drug-likeness (QED) is 0.538. The third-order valence-corrected chi connectivity index (χ3v) is 4.72. The van der Waals surface area contributed by atoms with Crippen molar-refractivity contribution in [1.29, 1.82) is 0 Å². The van der Waals surface area contributed by atoms with Crippen LogP contribution in [0.25, 0.3) is 0 Å². The first kappa shape index (κ1) is 17.9. The molecule has 23 heavy (non-hydrogen) atoms. The van der Waals surface area contributed by atoms with Crippen LogP contribution in [-0.2, 0) is 0 Å². The highest BCUT2D eigenvalue weighted by Crippen LogP contribution is 2.31. The van der Waals surface area contributed by atoms with E-state index in [2.05, 4.69) is 39.8 Å². The predicted octanol–water partition coefficient (Wildman–Crippen LogP) is 4.07. The molecule has 1 aromatic heterocycles. The highest BCUT2D eigenvalue weighted by Gasteiger charge is 2.15. The number of amides is 1. The van der Waals surface area contributed by atoms with E-state index in [0.717, 1.165) is 14.3 Å². The molecule has 122 valence electrons. The van der Waals surface area contributed by atoms with Crippen LogP contribution in [0, 0.1) is 3.57 Å². The normalized spacial score (nSPS) is 10.3. The van der Waals surface area contributed by atoms with Crippen molar-refractivity contribution in [2.75, 3.05) is 25.3 Å². The number of carbonyl (C=O) groups excluding carboxylic acids is 1. The molecule has 0 spiro atoms. The van der Waals surface area contributed by atoms with Crippen LogP contribution in [0.5, 0.6) is 11.5 Å². The molecule has 0 saturated heterocycles. The Hall–Kier alpha value is -1.48. The van der Waals surface area contributed by atoms with Crippen LogP contribution in [0.1, 0.15) is 17.3 Å². The summed E-state index contributed by atoms with van der Waals surface area (Å²) < 4.78 is 11.3. The number of methoxy groups -OCH3 is 2. The maximum absolute atomic E-state index is 12.5. The van der Waals surface area contributed by atoms with Gasteiger partial charge in [0.1, 0.15) is 0 Å². The van der Waals surface area contributed by atoms with Crippen molar-refractivity contribution < 1.29 is 14.3 Å². The number of rotatable bonds is 6. The van der Waals surface area contributed by atoms with Gasteiger partial charge in [-0.2, -0.15) is 0 Å². The van der Waals surface area contributed by atoms with Crippen LogP contribution >= 0.6 is 34.4 Å². The van der Waals surface area contributed by atoms with Crippen LogP contribution in [0.2, 0.25) is 0 Å². The predicted molar refractivity (Wildman–Crippen MR) is 101 cm³/mol. The minimum atomic E-state index is -0.215. The van der Waals surface area contributed by atoms with Gasteiger partial charge in [0.15, 0.2) is 11.5 Å². The number of halogens is 1. The molecule has 2 aromatic rings. The molecule has 0 aliphatic rings. The van der Waals surface area contributed by atoms with Gasteiger partial charge in [-0.1, -0.05) is 6.92 Å². The highest BCUT2D eigenvalue weighted by molar-refractivity contribution is 14.1. The number of carbonyl (C=O) groups is 1. The Morgan fingerprint density at radius 1 is 1.26 bits per heavy atom. The van der Waals surface area contributed by atoms with Gasteiger partial charge in [-0.3, -0.25) is 4.79 Å². The van der Waals surface area contributed by atoms with Gasteiger partial charge in [0.25, 0.3) is 5.91 Å². The lowest BCUT2D eigenvalue weighted by atomic mass is 10.2. The maximum Gasteiger partial charge on any atom is 0.256 e. The first-order valence-corrected chi connectivity index (χ1v) is 8.97. The maximum atomic E-state index is 12.5. The molecule has 0 radical (unpaired) electrons. The number of pyridine rings is 1. The van der Waals surface area contributed by atoms with Crippen molar-refractivity contribution in [3.63, 3.8) is 0 Å². The molecule has 2 rings (SSSR count). The summed E-state index contributed by atoms with van der Waals surface area (Å²) in [5.41, 5.74) is 1.18. The molecule has 0 saturated carbocycles. The number of hydrogen-bond acceptors (Lipinski definition) is 5. The van der Waals surface area contributed by atoms with Crippen molar-refractivity contribution in [2.45, 2.75) is 11.9 Å². The molecule has 5 nitrogen and oxygen atoms in total. The van der Waals surface area contributed by atoms with Gasteiger partial charge >= 0.3 is 0 Å². The summed E-state index contributed by atoms with van der Waals surface area (Å²) in [5, 5.41) is 3.78. The smallest absolute Gasteiger partial charge is 0.256 e. The van der Waals surface area contributed by atoms with Crippen molar-refractivity contribution in [3.8, 4) is 11.5 Å². The van der Waals surface area contributed by atoms with Gasteiger partial charge in [-0.25, -0.2) is 4.98 Å². The van der Waals surface area contributed by atoms with Crippen LogP contribution in [0.15, 0.2) is 35.5 Å². The number of ether oxygens (including phenoxy) is 2. The molecule has 7 heteroatoms. The Bertz CT molecular complexity index is 692. The summed E-state index contributed by atoms with van der Waals surface area (Å²) in [6.07, 6.45) is 1.66. The SMILES string of the molecule is CCSc1ccc(NC(=O)c2cc(OC)c(OC)cc2I)cn1. The number of aromatic nitrogens is 1. The molecule has 0 bridgehead atoms. The Balaban J connectivity index is 2.20. The number of thioether (sulfide) groups is 1. The second-order valence-electron chi connectivity index (χ2n) is 4.46. The van der Waals surface area contributed by atoms with Gasteiger partial charge in [-0.05, 0) is 52.6 Å². The summed E-state index contributed by atoms with van der Waals surface area (Å²) in [6.45, 7) is 2.07. The van der Waals surface area contributed by atoms with Crippen LogP contribution in [0.4, 0.5) is 5.69 Å². The minimum Gasteiger partial charge on any atom is -0.493 e. The topological polar surface area (TPSA) is 60.5 Å². The third-order valence-electron chi connectivity index (χ3n) is 3.00. The first-order chi connectivity index (χ1) is 11.1. The largest absolute Gasteiger partial charge is 0.493 e. The summed E-state index contributed by atoms with van der Waals surface area (Å²) in [7, 11) is 3.11. The van der Waals surface area contributed by atoms with Gasteiger partial charge < -0.3 is 14.8 Å². The second-order valence-corrected chi connectivity index (χ2v) is 6.91. The Kier molecular flexibility index (Phi) is 6.52. The fraction of sp³-hybridized carbons (Fsp3) is 0.250. The molecule has 0 unspecified atom stereocenters. The van der Waals surface area contributed by atoms with Crippen molar-refractivity contribution in [1.82, 2.24) is 4.98 Å². The molecular weight excluding hydrogens is 427 g/mol. The number of nitrogens with zero attached hydrogens (tertiary/aromatic N) is 1. The zero-order chi connectivity index (χ0) is 16.8. The number of benzene rings is 1. The van der Waals surface area contributed by atoms with E-state index in [-0.39, 0.29) is 5.91 Å².